The average molecular weight is 229 g/mol. The lowest BCUT2D eigenvalue weighted by Crippen LogP contribution is -2.24. The molecule has 0 saturated heterocycles. The van der Waals surface area contributed by atoms with Crippen molar-refractivity contribution in [1.29, 1.82) is 0 Å². The van der Waals surface area contributed by atoms with Crippen molar-refractivity contribution in [3.8, 4) is 0 Å². The highest BCUT2D eigenvalue weighted by Crippen LogP contribution is 2.39. The quantitative estimate of drug-likeness (QED) is 0.689. The van der Waals surface area contributed by atoms with Gasteiger partial charge in [0, 0.05) is 10.4 Å². The van der Waals surface area contributed by atoms with Crippen molar-refractivity contribution in [2.24, 2.45) is 0 Å². The van der Waals surface area contributed by atoms with Crippen LogP contribution in [0.3, 0.4) is 0 Å². The minimum atomic E-state index is -0.605. The van der Waals surface area contributed by atoms with Crippen LogP contribution in [0.15, 0.2) is 28.7 Å². The number of halogens is 2. The second-order valence-corrected chi connectivity index (χ2v) is 4.17. The van der Waals surface area contributed by atoms with E-state index < -0.39 is 6.17 Å². The second-order valence-electron chi connectivity index (χ2n) is 3.25. The zero-order chi connectivity index (χ0) is 8.55. The fraction of sp³-hybridized carbons (Fsp3) is 0.400. The van der Waals surface area contributed by atoms with E-state index in [1.54, 1.807) is 0 Å². The molecule has 1 aliphatic carbocycles. The third kappa shape index (κ3) is 1.40. The Hall–Kier alpha value is -0.370. The van der Waals surface area contributed by atoms with E-state index in [2.05, 4.69) is 15.9 Å². The molecule has 64 valence electrons. The molecule has 0 heterocycles. The molecule has 0 radical (unpaired) electrons. The van der Waals surface area contributed by atoms with Crippen LogP contribution in [-0.2, 0) is 0 Å². The van der Waals surface area contributed by atoms with Crippen molar-refractivity contribution in [3.63, 3.8) is 0 Å². The first-order valence-corrected chi connectivity index (χ1v) is 4.96. The molecule has 0 bridgehead atoms. The molecule has 0 spiro atoms. The van der Waals surface area contributed by atoms with E-state index >= 15 is 0 Å². The van der Waals surface area contributed by atoms with Crippen LogP contribution in [0.4, 0.5) is 4.39 Å². The molecule has 0 aliphatic heterocycles. The third-order valence-electron chi connectivity index (χ3n) is 2.49. The maximum atomic E-state index is 13.0. The van der Waals surface area contributed by atoms with E-state index in [1.807, 2.05) is 24.3 Å². The summed E-state index contributed by atoms with van der Waals surface area (Å²) in [5, 5.41) is 0. The summed E-state index contributed by atoms with van der Waals surface area (Å²) in [6.45, 7) is 0. The highest BCUT2D eigenvalue weighted by Gasteiger charge is 2.31. The molecule has 12 heavy (non-hydrogen) atoms. The minimum absolute atomic E-state index is 0.165. The SMILES string of the molecule is FC1CCC1c1ccc(Br)cc1. The first kappa shape index (κ1) is 8.24. The summed E-state index contributed by atoms with van der Waals surface area (Å²) in [5.74, 6) is 0.165. The van der Waals surface area contributed by atoms with E-state index in [-0.39, 0.29) is 5.92 Å². The van der Waals surface area contributed by atoms with Gasteiger partial charge in [-0.2, -0.15) is 0 Å². The molecule has 0 amide bonds. The monoisotopic (exact) mass is 228 g/mol. The Labute approximate surface area is 79.9 Å². The molecule has 1 aromatic rings. The molecule has 1 fully saturated rings. The van der Waals surface area contributed by atoms with Gasteiger partial charge in [0.1, 0.15) is 6.17 Å². The number of benzene rings is 1. The van der Waals surface area contributed by atoms with E-state index in [0.717, 1.165) is 22.9 Å². The largest absolute Gasteiger partial charge is 0.247 e. The van der Waals surface area contributed by atoms with Gasteiger partial charge in [-0.1, -0.05) is 28.1 Å². The van der Waals surface area contributed by atoms with Crippen molar-refractivity contribution in [3.05, 3.63) is 34.3 Å². The van der Waals surface area contributed by atoms with Crippen LogP contribution in [0, 0.1) is 0 Å². The predicted molar refractivity (Wildman–Crippen MR) is 51.0 cm³/mol. The lowest BCUT2D eigenvalue weighted by molar-refractivity contribution is 0.170. The van der Waals surface area contributed by atoms with Gasteiger partial charge >= 0.3 is 0 Å². The highest BCUT2D eigenvalue weighted by atomic mass is 79.9. The average Bonchev–Trinajstić information content (AvgIpc) is 2.06. The standard InChI is InChI=1S/C10H10BrF/c11-8-3-1-7(2-4-8)9-5-6-10(9)12/h1-4,9-10H,5-6H2. The van der Waals surface area contributed by atoms with Gasteiger partial charge in [0.2, 0.25) is 0 Å². The second kappa shape index (κ2) is 3.17. The lowest BCUT2D eigenvalue weighted by Gasteiger charge is -2.30. The molecule has 2 rings (SSSR count). The Morgan fingerprint density at radius 1 is 1.17 bits per heavy atom. The molecule has 0 N–H and O–H groups in total. The summed E-state index contributed by atoms with van der Waals surface area (Å²) >= 11 is 3.36. The summed E-state index contributed by atoms with van der Waals surface area (Å²) in [6.07, 6.45) is 1.13. The number of rotatable bonds is 1. The number of hydrogen-bond donors (Lipinski definition) is 0. The van der Waals surface area contributed by atoms with Crippen LogP contribution in [-0.4, -0.2) is 6.17 Å². The predicted octanol–water partition coefficient (Wildman–Crippen LogP) is 3.66. The van der Waals surface area contributed by atoms with Crippen molar-refractivity contribution < 1.29 is 4.39 Å². The Kier molecular flexibility index (Phi) is 2.18. The van der Waals surface area contributed by atoms with Gasteiger partial charge in [-0.05, 0) is 30.5 Å². The Morgan fingerprint density at radius 3 is 2.25 bits per heavy atom. The van der Waals surface area contributed by atoms with Gasteiger partial charge in [0.25, 0.3) is 0 Å². The molecular weight excluding hydrogens is 219 g/mol. The number of alkyl halides is 1. The fourth-order valence-electron chi connectivity index (χ4n) is 1.54. The molecular formula is C10H10BrF. The maximum absolute atomic E-state index is 13.0. The van der Waals surface area contributed by atoms with Crippen molar-refractivity contribution in [2.45, 2.75) is 24.9 Å². The van der Waals surface area contributed by atoms with Crippen molar-refractivity contribution in [2.75, 3.05) is 0 Å². The van der Waals surface area contributed by atoms with Gasteiger partial charge in [0.15, 0.2) is 0 Å². The van der Waals surface area contributed by atoms with Crippen LogP contribution in [0.5, 0.6) is 0 Å². The highest BCUT2D eigenvalue weighted by molar-refractivity contribution is 9.10. The Balaban J connectivity index is 2.18. The van der Waals surface area contributed by atoms with Crippen LogP contribution in [0.1, 0.15) is 24.3 Å². The van der Waals surface area contributed by atoms with Gasteiger partial charge in [0.05, 0.1) is 0 Å². The first-order valence-electron chi connectivity index (χ1n) is 4.17. The molecule has 2 unspecified atom stereocenters. The molecule has 1 aliphatic rings. The molecule has 2 heteroatoms. The lowest BCUT2D eigenvalue weighted by atomic mass is 9.78. The van der Waals surface area contributed by atoms with Crippen LogP contribution in [0.2, 0.25) is 0 Å². The zero-order valence-corrected chi connectivity index (χ0v) is 8.22. The molecule has 1 aromatic carbocycles. The van der Waals surface area contributed by atoms with Crippen molar-refractivity contribution >= 4 is 15.9 Å². The topological polar surface area (TPSA) is 0 Å². The van der Waals surface area contributed by atoms with Gasteiger partial charge in [-0.3, -0.25) is 0 Å². The summed E-state index contributed by atoms with van der Waals surface area (Å²) in [4.78, 5) is 0. The normalized spacial score (nSPS) is 28.2. The van der Waals surface area contributed by atoms with Gasteiger partial charge in [-0.25, -0.2) is 4.39 Å². The maximum Gasteiger partial charge on any atom is 0.107 e. The summed E-state index contributed by atoms with van der Waals surface area (Å²) in [7, 11) is 0. The molecule has 0 aromatic heterocycles. The minimum Gasteiger partial charge on any atom is -0.247 e. The molecule has 0 nitrogen and oxygen atoms in total. The van der Waals surface area contributed by atoms with E-state index in [0.29, 0.717) is 0 Å². The van der Waals surface area contributed by atoms with Crippen LogP contribution >= 0.6 is 15.9 Å². The van der Waals surface area contributed by atoms with E-state index in [9.17, 15) is 4.39 Å². The van der Waals surface area contributed by atoms with Crippen LogP contribution < -0.4 is 0 Å². The summed E-state index contributed by atoms with van der Waals surface area (Å²) in [5.41, 5.74) is 1.14. The zero-order valence-electron chi connectivity index (χ0n) is 6.63. The molecule has 1 saturated carbocycles. The smallest absolute Gasteiger partial charge is 0.107 e. The third-order valence-corrected chi connectivity index (χ3v) is 3.02. The van der Waals surface area contributed by atoms with E-state index in [4.69, 9.17) is 0 Å². The van der Waals surface area contributed by atoms with E-state index in [1.165, 1.54) is 0 Å². The summed E-state index contributed by atoms with van der Waals surface area (Å²) in [6, 6.07) is 7.95. The summed E-state index contributed by atoms with van der Waals surface area (Å²) < 4.78 is 14.0. The number of hydrogen-bond acceptors (Lipinski definition) is 0. The fourth-order valence-corrected chi connectivity index (χ4v) is 1.81. The van der Waals surface area contributed by atoms with Gasteiger partial charge < -0.3 is 0 Å². The Morgan fingerprint density at radius 2 is 1.83 bits per heavy atom. The molecule has 2 atom stereocenters. The van der Waals surface area contributed by atoms with Gasteiger partial charge in [-0.15, -0.1) is 0 Å². The van der Waals surface area contributed by atoms with Crippen LogP contribution in [0.25, 0.3) is 0 Å². The Bertz CT molecular complexity index is 268. The van der Waals surface area contributed by atoms with Crippen molar-refractivity contribution in [1.82, 2.24) is 0 Å². The first-order chi connectivity index (χ1) is 5.77.